The van der Waals surface area contributed by atoms with Crippen LogP contribution in [0.2, 0.25) is 0 Å². The van der Waals surface area contributed by atoms with E-state index < -0.39 is 10.0 Å². The van der Waals surface area contributed by atoms with Gasteiger partial charge in [0.05, 0.1) is 17.5 Å². The third-order valence-electron chi connectivity index (χ3n) is 4.84. The van der Waals surface area contributed by atoms with Crippen LogP contribution in [0.15, 0.2) is 42.5 Å². The molecule has 1 aliphatic rings. The van der Waals surface area contributed by atoms with Crippen LogP contribution in [-0.2, 0) is 16.6 Å². The van der Waals surface area contributed by atoms with Gasteiger partial charge in [0.1, 0.15) is 5.75 Å². The molecular formula is C22H28N2O4S. The maximum atomic E-state index is 12.6. The van der Waals surface area contributed by atoms with Gasteiger partial charge >= 0.3 is 0 Å². The van der Waals surface area contributed by atoms with Gasteiger partial charge in [0.25, 0.3) is 5.91 Å². The molecule has 0 aromatic heterocycles. The van der Waals surface area contributed by atoms with E-state index in [4.69, 9.17) is 4.74 Å². The largest absolute Gasteiger partial charge is 0.491 e. The predicted molar refractivity (Wildman–Crippen MR) is 115 cm³/mol. The smallest absolute Gasteiger partial charge is 0.251 e. The van der Waals surface area contributed by atoms with E-state index in [1.54, 1.807) is 18.2 Å². The molecule has 7 heteroatoms. The van der Waals surface area contributed by atoms with Gasteiger partial charge in [-0.3, -0.25) is 9.10 Å². The summed E-state index contributed by atoms with van der Waals surface area (Å²) in [5.41, 5.74) is 2.84. The molecule has 2 aromatic rings. The van der Waals surface area contributed by atoms with Gasteiger partial charge in [-0.1, -0.05) is 18.2 Å². The van der Waals surface area contributed by atoms with Crippen LogP contribution in [0.5, 0.6) is 5.75 Å². The van der Waals surface area contributed by atoms with E-state index in [2.05, 4.69) is 5.32 Å². The number of hydrogen-bond acceptors (Lipinski definition) is 4. The summed E-state index contributed by atoms with van der Waals surface area (Å²) in [6.45, 7) is 6.64. The Morgan fingerprint density at radius 3 is 2.52 bits per heavy atom. The molecule has 1 amide bonds. The molecule has 0 radical (unpaired) electrons. The van der Waals surface area contributed by atoms with Crippen molar-refractivity contribution >= 4 is 21.6 Å². The maximum Gasteiger partial charge on any atom is 0.251 e. The number of nitrogens with zero attached hydrogens (tertiary/aromatic N) is 1. The number of sulfonamides is 1. The SMILES string of the molecule is Cc1ccc(C(=O)NCc2ccc(OC(C)C)cc2)cc1N1CCCCS1(=O)=O. The molecular weight excluding hydrogens is 388 g/mol. The normalized spacial score (nSPS) is 15.9. The molecule has 3 rings (SSSR count). The Morgan fingerprint density at radius 2 is 1.86 bits per heavy atom. The van der Waals surface area contributed by atoms with Crippen LogP contribution in [-0.4, -0.2) is 32.7 Å². The zero-order chi connectivity index (χ0) is 21.0. The van der Waals surface area contributed by atoms with E-state index in [1.165, 1.54) is 4.31 Å². The average Bonchev–Trinajstić information content (AvgIpc) is 2.67. The summed E-state index contributed by atoms with van der Waals surface area (Å²) in [7, 11) is -3.32. The predicted octanol–water partition coefficient (Wildman–Crippen LogP) is 3.64. The van der Waals surface area contributed by atoms with E-state index in [1.807, 2.05) is 45.0 Å². The van der Waals surface area contributed by atoms with Crippen molar-refractivity contribution in [1.29, 1.82) is 0 Å². The Hall–Kier alpha value is -2.54. The number of hydrogen-bond donors (Lipinski definition) is 1. The molecule has 156 valence electrons. The van der Waals surface area contributed by atoms with Crippen molar-refractivity contribution in [3.05, 3.63) is 59.2 Å². The number of amides is 1. The van der Waals surface area contributed by atoms with E-state index in [9.17, 15) is 13.2 Å². The number of ether oxygens (including phenoxy) is 1. The van der Waals surface area contributed by atoms with Crippen LogP contribution >= 0.6 is 0 Å². The topological polar surface area (TPSA) is 75.7 Å². The van der Waals surface area contributed by atoms with Crippen molar-refractivity contribution in [2.75, 3.05) is 16.6 Å². The first kappa shape index (κ1) is 21.2. The molecule has 2 aromatic carbocycles. The van der Waals surface area contributed by atoms with Gasteiger partial charge in [0.15, 0.2) is 0 Å². The van der Waals surface area contributed by atoms with Gasteiger partial charge in [0.2, 0.25) is 10.0 Å². The quantitative estimate of drug-likeness (QED) is 0.780. The second-order valence-corrected chi connectivity index (χ2v) is 9.60. The summed E-state index contributed by atoms with van der Waals surface area (Å²) in [5, 5.41) is 2.90. The van der Waals surface area contributed by atoms with Gasteiger partial charge in [-0.25, -0.2) is 8.42 Å². The Balaban J connectivity index is 1.70. The summed E-state index contributed by atoms with van der Waals surface area (Å²) in [5.74, 6) is 0.712. The zero-order valence-corrected chi connectivity index (χ0v) is 18.0. The molecule has 1 N–H and O–H groups in total. The lowest BCUT2D eigenvalue weighted by Gasteiger charge is -2.29. The zero-order valence-electron chi connectivity index (χ0n) is 17.1. The van der Waals surface area contributed by atoms with E-state index in [-0.39, 0.29) is 17.8 Å². The van der Waals surface area contributed by atoms with E-state index >= 15 is 0 Å². The van der Waals surface area contributed by atoms with Crippen LogP contribution < -0.4 is 14.4 Å². The first-order chi connectivity index (χ1) is 13.8. The molecule has 1 aliphatic heterocycles. The third-order valence-corrected chi connectivity index (χ3v) is 6.69. The Labute approximate surface area is 172 Å². The fourth-order valence-corrected chi connectivity index (χ4v) is 5.01. The number of carbonyl (C=O) groups excluding carboxylic acids is 1. The highest BCUT2D eigenvalue weighted by atomic mass is 32.2. The summed E-state index contributed by atoms with van der Waals surface area (Å²) in [4.78, 5) is 12.6. The number of anilines is 1. The molecule has 6 nitrogen and oxygen atoms in total. The van der Waals surface area contributed by atoms with Crippen LogP contribution in [0, 0.1) is 6.92 Å². The first-order valence-corrected chi connectivity index (χ1v) is 11.5. The van der Waals surface area contributed by atoms with Gasteiger partial charge in [-0.2, -0.15) is 0 Å². The second kappa shape index (κ2) is 8.86. The summed E-state index contributed by atoms with van der Waals surface area (Å²) < 4.78 is 31.9. The number of nitrogens with one attached hydrogen (secondary N) is 1. The standard InChI is InChI=1S/C22H28N2O4S/c1-16(2)28-20-10-7-18(8-11-20)15-23-22(25)19-9-6-17(3)21(14-19)24-12-4-5-13-29(24,26)27/h6-11,14,16H,4-5,12-13,15H2,1-3H3,(H,23,25). The highest BCUT2D eigenvalue weighted by molar-refractivity contribution is 7.92. The molecule has 1 saturated heterocycles. The molecule has 1 heterocycles. The monoisotopic (exact) mass is 416 g/mol. The van der Waals surface area contributed by atoms with Crippen molar-refractivity contribution in [3.8, 4) is 5.75 Å². The van der Waals surface area contributed by atoms with Crippen LogP contribution in [0.25, 0.3) is 0 Å². The highest BCUT2D eigenvalue weighted by Gasteiger charge is 2.27. The second-order valence-electron chi connectivity index (χ2n) is 7.59. The summed E-state index contributed by atoms with van der Waals surface area (Å²) in [6, 6.07) is 12.8. The van der Waals surface area contributed by atoms with Gasteiger partial charge in [-0.05, 0) is 69.0 Å². The Kier molecular flexibility index (Phi) is 6.47. The average molecular weight is 417 g/mol. The van der Waals surface area contributed by atoms with Gasteiger partial charge < -0.3 is 10.1 Å². The van der Waals surface area contributed by atoms with E-state index in [0.29, 0.717) is 30.8 Å². The minimum Gasteiger partial charge on any atom is -0.491 e. The van der Waals surface area contributed by atoms with Crippen molar-refractivity contribution in [3.63, 3.8) is 0 Å². The number of rotatable bonds is 6. The van der Waals surface area contributed by atoms with Crippen molar-refractivity contribution in [1.82, 2.24) is 5.32 Å². The first-order valence-electron chi connectivity index (χ1n) is 9.91. The van der Waals surface area contributed by atoms with Crippen molar-refractivity contribution < 1.29 is 17.9 Å². The highest BCUT2D eigenvalue weighted by Crippen LogP contribution is 2.28. The molecule has 0 aliphatic carbocycles. The van der Waals surface area contributed by atoms with Gasteiger partial charge in [0, 0.05) is 18.7 Å². The number of aryl methyl sites for hydroxylation is 1. The summed E-state index contributed by atoms with van der Waals surface area (Å²) in [6.07, 6.45) is 1.62. The third kappa shape index (κ3) is 5.29. The lowest BCUT2D eigenvalue weighted by Crippen LogP contribution is -2.38. The molecule has 0 saturated carbocycles. The Bertz CT molecular complexity index is 969. The fraction of sp³-hybridized carbons (Fsp3) is 0.409. The lowest BCUT2D eigenvalue weighted by molar-refractivity contribution is 0.0951. The minimum atomic E-state index is -3.32. The van der Waals surface area contributed by atoms with Crippen molar-refractivity contribution in [2.24, 2.45) is 0 Å². The molecule has 1 fully saturated rings. The number of carbonyl (C=O) groups is 1. The minimum absolute atomic E-state index is 0.111. The van der Waals surface area contributed by atoms with Crippen molar-refractivity contribution in [2.45, 2.75) is 46.3 Å². The summed E-state index contributed by atoms with van der Waals surface area (Å²) >= 11 is 0. The Morgan fingerprint density at radius 1 is 1.14 bits per heavy atom. The van der Waals surface area contributed by atoms with Crippen LogP contribution in [0.4, 0.5) is 5.69 Å². The molecule has 0 atom stereocenters. The van der Waals surface area contributed by atoms with E-state index in [0.717, 1.165) is 23.3 Å². The number of benzene rings is 2. The van der Waals surface area contributed by atoms with Crippen LogP contribution in [0.3, 0.4) is 0 Å². The molecule has 0 spiro atoms. The van der Waals surface area contributed by atoms with Crippen LogP contribution in [0.1, 0.15) is 48.2 Å². The van der Waals surface area contributed by atoms with Gasteiger partial charge in [-0.15, -0.1) is 0 Å². The maximum absolute atomic E-state index is 12.6. The lowest BCUT2D eigenvalue weighted by atomic mass is 10.1. The fourth-order valence-electron chi connectivity index (χ4n) is 3.32. The molecule has 0 bridgehead atoms. The molecule has 29 heavy (non-hydrogen) atoms. The molecule has 0 unspecified atom stereocenters.